The van der Waals surface area contributed by atoms with Crippen molar-refractivity contribution < 1.29 is 9.53 Å². The first-order valence-corrected chi connectivity index (χ1v) is 7.46. The van der Waals surface area contributed by atoms with Gasteiger partial charge in [-0.15, -0.1) is 0 Å². The van der Waals surface area contributed by atoms with Gasteiger partial charge in [-0.3, -0.25) is 9.69 Å². The number of nitrogens with zero attached hydrogens (tertiary/aromatic N) is 1. The van der Waals surface area contributed by atoms with Crippen molar-refractivity contribution in [2.24, 2.45) is 5.92 Å². The fraction of sp³-hybridized carbons (Fsp3) is 0.562. The zero-order valence-electron chi connectivity index (χ0n) is 13.1. The maximum atomic E-state index is 12.1. The number of rotatable bonds is 5. The summed E-state index contributed by atoms with van der Waals surface area (Å²) in [5, 5.41) is 6.27. The molecule has 1 fully saturated rings. The van der Waals surface area contributed by atoms with Crippen LogP contribution in [0.1, 0.15) is 13.3 Å². The number of methoxy groups -OCH3 is 1. The average molecular weight is 291 g/mol. The normalized spacial score (nSPS) is 22.8. The van der Waals surface area contributed by atoms with Gasteiger partial charge in [-0.25, -0.2) is 0 Å². The van der Waals surface area contributed by atoms with Gasteiger partial charge in [0.15, 0.2) is 0 Å². The summed E-state index contributed by atoms with van der Waals surface area (Å²) >= 11 is 0. The van der Waals surface area contributed by atoms with Gasteiger partial charge in [0.1, 0.15) is 5.75 Å². The van der Waals surface area contributed by atoms with Gasteiger partial charge in [0.2, 0.25) is 5.91 Å². The molecule has 1 aromatic rings. The zero-order valence-corrected chi connectivity index (χ0v) is 13.1. The van der Waals surface area contributed by atoms with Crippen LogP contribution in [0.2, 0.25) is 0 Å². The summed E-state index contributed by atoms with van der Waals surface area (Å²) in [6, 6.07) is 7.96. The molecular weight excluding hydrogens is 266 g/mol. The number of carbonyl (C=O) groups excluding carboxylic acids is 1. The second kappa shape index (κ2) is 7.43. The first kappa shape index (κ1) is 15.8. The minimum Gasteiger partial charge on any atom is -0.497 e. The third kappa shape index (κ3) is 4.44. The number of carbonyl (C=O) groups is 1. The zero-order chi connectivity index (χ0) is 15.2. The number of ether oxygens (including phenoxy) is 1. The van der Waals surface area contributed by atoms with E-state index in [4.69, 9.17) is 4.74 Å². The van der Waals surface area contributed by atoms with Gasteiger partial charge in [0.25, 0.3) is 0 Å². The Morgan fingerprint density at radius 1 is 1.38 bits per heavy atom. The standard InChI is InChI=1S/C16H25N3O2/c1-12-10-19(9-8-15(12)17-2)11-16(20)18-13-4-6-14(21-3)7-5-13/h4-7,12,15,17H,8-11H2,1-3H3,(H,18,20). The van der Waals surface area contributed by atoms with E-state index in [0.29, 0.717) is 18.5 Å². The summed E-state index contributed by atoms with van der Waals surface area (Å²) in [5.41, 5.74) is 0.805. The van der Waals surface area contributed by atoms with E-state index in [1.165, 1.54) is 0 Å². The molecule has 1 aromatic carbocycles. The Balaban J connectivity index is 1.81. The lowest BCUT2D eigenvalue weighted by molar-refractivity contribution is -0.117. The number of hydrogen-bond donors (Lipinski definition) is 2. The highest BCUT2D eigenvalue weighted by Crippen LogP contribution is 2.17. The molecule has 1 amide bonds. The summed E-state index contributed by atoms with van der Waals surface area (Å²) in [6.07, 6.45) is 1.09. The van der Waals surface area contributed by atoms with Crippen LogP contribution in [0.25, 0.3) is 0 Å². The summed E-state index contributed by atoms with van der Waals surface area (Å²) in [5.74, 6) is 1.39. The van der Waals surface area contributed by atoms with E-state index in [2.05, 4.69) is 22.5 Å². The molecule has 5 heteroatoms. The highest BCUT2D eigenvalue weighted by atomic mass is 16.5. The van der Waals surface area contributed by atoms with E-state index in [0.717, 1.165) is 30.9 Å². The number of benzene rings is 1. The summed E-state index contributed by atoms with van der Waals surface area (Å²) in [6.45, 7) is 4.61. The number of likely N-dealkylation sites (tertiary alicyclic amines) is 1. The van der Waals surface area contributed by atoms with Crippen molar-refractivity contribution in [1.82, 2.24) is 10.2 Å². The van der Waals surface area contributed by atoms with E-state index < -0.39 is 0 Å². The van der Waals surface area contributed by atoms with Crippen molar-refractivity contribution in [3.05, 3.63) is 24.3 Å². The van der Waals surface area contributed by atoms with Crippen LogP contribution in [-0.4, -0.2) is 50.6 Å². The van der Waals surface area contributed by atoms with E-state index >= 15 is 0 Å². The van der Waals surface area contributed by atoms with Gasteiger partial charge in [-0.05, 0) is 43.7 Å². The lowest BCUT2D eigenvalue weighted by Gasteiger charge is -2.36. The molecule has 0 radical (unpaired) electrons. The number of nitrogens with one attached hydrogen (secondary N) is 2. The largest absolute Gasteiger partial charge is 0.497 e. The highest BCUT2D eigenvalue weighted by Gasteiger charge is 2.25. The molecule has 116 valence electrons. The predicted octanol–water partition coefficient (Wildman–Crippen LogP) is 1.56. The van der Waals surface area contributed by atoms with Crippen LogP contribution < -0.4 is 15.4 Å². The average Bonchev–Trinajstić information content (AvgIpc) is 2.48. The Morgan fingerprint density at radius 3 is 2.67 bits per heavy atom. The minimum atomic E-state index is 0.0373. The molecule has 2 atom stereocenters. The lowest BCUT2D eigenvalue weighted by atomic mass is 9.94. The van der Waals surface area contributed by atoms with E-state index in [-0.39, 0.29) is 5.91 Å². The van der Waals surface area contributed by atoms with Crippen LogP contribution in [0.4, 0.5) is 5.69 Å². The Kier molecular flexibility index (Phi) is 5.59. The first-order chi connectivity index (χ1) is 10.1. The summed E-state index contributed by atoms with van der Waals surface area (Å²) in [7, 11) is 3.64. The number of hydrogen-bond acceptors (Lipinski definition) is 4. The predicted molar refractivity (Wildman–Crippen MR) is 84.7 cm³/mol. The molecule has 0 spiro atoms. The fourth-order valence-electron chi connectivity index (χ4n) is 2.88. The molecule has 2 unspecified atom stereocenters. The molecule has 1 saturated heterocycles. The molecule has 2 rings (SSSR count). The Bertz CT molecular complexity index is 461. The van der Waals surface area contributed by atoms with Gasteiger partial charge < -0.3 is 15.4 Å². The van der Waals surface area contributed by atoms with Crippen molar-refractivity contribution in [1.29, 1.82) is 0 Å². The third-order valence-electron chi connectivity index (χ3n) is 4.10. The molecule has 5 nitrogen and oxygen atoms in total. The Hall–Kier alpha value is -1.59. The number of anilines is 1. The maximum Gasteiger partial charge on any atom is 0.238 e. The third-order valence-corrected chi connectivity index (χ3v) is 4.10. The van der Waals surface area contributed by atoms with Crippen molar-refractivity contribution >= 4 is 11.6 Å². The van der Waals surface area contributed by atoms with Crippen LogP contribution in [0.3, 0.4) is 0 Å². The monoisotopic (exact) mass is 291 g/mol. The molecule has 2 N–H and O–H groups in total. The fourth-order valence-corrected chi connectivity index (χ4v) is 2.88. The number of piperidine rings is 1. The van der Waals surface area contributed by atoms with Crippen LogP contribution >= 0.6 is 0 Å². The van der Waals surface area contributed by atoms with Crippen molar-refractivity contribution in [3.63, 3.8) is 0 Å². The minimum absolute atomic E-state index is 0.0373. The van der Waals surface area contributed by atoms with E-state index in [9.17, 15) is 4.79 Å². The van der Waals surface area contributed by atoms with Crippen LogP contribution in [0, 0.1) is 5.92 Å². The van der Waals surface area contributed by atoms with Gasteiger partial charge >= 0.3 is 0 Å². The van der Waals surface area contributed by atoms with Crippen molar-refractivity contribution in [3.8, 4) is 5.75 Å². The molecule has 21 heavy (non-hydrogen) atoms. The summed E-state index contributed by atoms with van der Waals surface area (Å²) < 4.78 is 5.10. The van der Waals surface area contributed by atoms with Gasteiger partial charge in [-0.1, -0.05) is 6.92 Å². The number of amides is 1. The summed E-state index contributed by atoms with van der Waals surface area (Å²) in [4.78, 5) is 14.3. The second-order valence-corrected chi connectivity index (χ2v) is 5.67. The molecule has 0 saturated carbocycles. The second-order valence-electron chi connectivity index (χ2n) is 5.67. The Morgan fingerprint density at radius 2 is 2.10 bits per heavy atom. The molecule has 0 aliphatic carbocycles. The van der Waals surface area contributed by atoms with E-state index in [1.54, 1.807) is 7.11 Å². The first-order valence-electron chi connectivity index (χ1n) is 7.46. The molecular formula is C16H25N3O2. The van der Waals surface area contributed by atoms with Gasteiger partial charge in [0.05, 0.1) is 13.7 Å². The van der Waals surface area contributed by atoms with Crippen molar-refractivity contribution in [2.45, 2.75) is 19.4 Å². The topological polar surface area (TPSA) is 53.6 Å². The van der Waals surface area contributed by atoms with E-state index in [1.807, 2.05) is 31.3 Å². The molecule has 1 heterocycles. The van der Waals surface area contributed by atoms with Crippen LogP contribution in [0.15, 0.2) is 24.3 Å². The van der Waals surface area contributed by atoms with Gasteiger partial charge in [0, 0.05) is 24.8 Å². The van der Waals surface area contributed by atoms with Crippen molar-refractivity contribution in [2.75, 3.05) is 39.1 Å². The molecule has 0 bridgehead atoms. The highest BCUT2D eigenvalue weighted by molar-refractivity contribution is 5.92. The molecule has 0 aromatic heterocycles. The molecule has 1 aliphatic rings. The SMILES string of the molecule is CNC1CCN(CC(=O)Nc2ccc(OC)cc2)CC1C. The quantitative estimate of drug-likeness (QED) is 0.864. The smallest absolute Gasteiger partial charge is 0.238 e. The lowest BCUT2D eigenvalue weighted by Crippen LogP contribution is -2.49. The van der Waals surface area contributed by atoms with Gasteiger partial charge in [-0.2, -0.15) is 0 Å². The Labute approximate surface area is 126 Å². The molecule has 1 aliphatic heterocycles. The maximum absolute atomic E-state index is 12.1. The van der Waals surface area contributed by atoms with Crippen LogP contribution in [0.5, 0.6) is 5.75 Å². The van der Waals surface area contributed by atoms with Crippen LogP contribution in [-0.2, 0) is 4.79 Å².